The SMILES string of the molecule is O=C(O[C@H](CO)C(F)(F)F)N1CCC2(CC1)CN(S(=O)O)CCO2. The number of piperidine rings is 1. The summed E-state index contributed by atoms with van der Waals surface area (Å²) in [6, 6.07) is 0. The van der Waals surface area contributed by atoms with Gasteiger partial charge in [0.1, 0.15) is 0 Å². The number of morpholine rings is 1. The number of aliphatic hydroxyl groups is 1. The first-order chi connectivity index (χ1) is 11.2. The Morgan fingerprint density at radius 1 is 1.33 bits per heavy atom. The van der Waals surface area contributed by atoms with Crippen LogP contribution in [-0.4, -0.2) is 86.4 Å². The first kappa shape index (κ1) is 19.4. The van der Waals surface area contributed by atoms with Crippen LogP contribution in [0.2, 0.25) is 0 Å². The molecule has 0 aromatic rings. The zero-order valence-electron chi connectivity index (χ0n) is 12.7. The van der Waals surface area contributed by atoms with Crippen molar-refractivity contribution in [1.82, 2.24) is 9.21 Å². The molecule has 1 amide bonds. The lowest BCUT2D eigenvalue weighted by atomic mass is 9.90. The monoisotopic (exact) mass is 376 g/mol. The van der Waals surface area contributed by atoms with Gasteiger partial charge in [-0.1, -0.05) is 0 Å². The number of alkyl halides is 3. The van der Waals surface area contributed by atoms with Gasteiger partial charge in [0.2, 0.25) is 17.4 Å². The van der Waals surface area contributed by atoms with Gasteiger partial charge in [-0.05, 0) is 12.8 Å². The molecule has 24 heavy (non-hydrogen) atoms. The molecule has 0 aromatic carbocycles. The van der Waals surface area contributed by atoms with E-state index in [0.717, 1.165) is 4.90 Å². The van der Waals surface area contributed by atoms with E-state index in [0.29, 0.717) is 19.4 Å². The average Bonchev–Trinajstić information content (AvgIpc) is 2.52. The second-order valence-electron chi connectivity index (χ2n) is 5.71. The van der Waals surface area contributed by atoms with Gasteiger partial charge in [-0.3, -0.25) is 4.55 Å². The highest BCUT2D eigenvalue weighted by Crippen LogP contribution is 2.31. The molecule has 0 aromatic heterocycles. The second kappa shape index (κ2) is 7.52. The van der Waals surface area contributed by atoms with Gasteiger partial charge in [-0.15, -0.1) is 0 Å². The standard InChI is InChI=1S/C12H19F3N2O6S/c13-12(14,15)9(7-18)23-10(19)16-3-1-11(2-4-16)8-17(24(20)21)5-6-22-11/h9,18H,1-8H2,(H,20,21)/t9-/m1/s1. The van der Waals surface area contributed by atoms with Crippen molar-refractivity contribution in [2.75, 3.05) is 39.4 Å². The lowest BCUT2D eigenvalue weighted by Gasteiger charge is -2.45. The summed E-state index contributed by atoms with van der Waals surface area (Å²) in [5.74, 6) is 0. The molecule has 2 aliphatic heterocycles. The molecule has 2 heterocycles. The molecule has 0 bridgehead atoms. The molecular weight excluding hydrogens is 357 g/mol. The van der Waals surface area contributed by atoms with Crippen molar-refractivity contribution in [3.63, 3.8) is 0 Å². The van der Waals surface area contributed by atoms with Gasteiger partial charge in [-0.25, -0.2) is 9.00 Å². The molecule has 2 fully saturated rings. The number of carbonyl (C=O) groups excluding carboxylic acids is 1. The summed E-state index contributed by atoms with van der Waals surface area (Å²) in [6.07, 6.45) is -7.92. The summed E-state index contributed by atoms with van der Waals surface area (Å²) in [4.78, 5) is 12.9. The largest absolute Gasteiger partial charge is 0.434 e. The van der Waals surface area contributed by atoms with E-state index in [1.807, 2.05) is 0 Å². The van der Waals surface area contributed by atoms with E-state index in [2.05, 4.69) is 4.74 Å². The number of likely N-dealkylation sites (tertiary alicyclic amines) is 1. The molecule has 0 saturated carbocycles. The Morgan fingerprint density at radius 2 is 1.96 bits per heavy atom. The van der Waals surface area contributed by atoms with Crippen LogP contribution in [0.15, 0.2) is 0 Å². The van der Waals surface area contributed by atoms with Crippen molar-refractivity contribution in [3.05, 3.63) is 0 Å². The molecule has 2 rings (SSSR count). The smallest absolute Gasteiger partial charge is 0.427 e. The third-order valence-corrected chi connectivity index (χ3v) is 4.89. The van der Waals surface area contributed by atoms with E-state index in [1.54, 1.807) is 0 Å². The fourth-order valence-electron chi connectivity index (χ4n) is 2.75. The van der Waals surface area contributed by atoms with Crippen molar-refractivity contribution in [3.8, 4) is 0 Å². The number of hydrogen-bond donors (Lipinski definition) is 2. The van der Waals surface area contributed by atoms with Crippen LogP contribution >= 0.6 is 0 Å². The number of halogens is 3. The quantitative estimate of drug-likeness (QED) is 0.690. The number of carbonyl (C=O) groups is 1. The first-order valence-corrected chi connectivity index (χ1v) is 8.36. The maximum absolute atomic E-state index is 12.5. The first-order valence-electron chi connectivity index (χ1n) is 7.30. The molecule has 1 unspecified atom stereocenters. The molecule has 8 nitrogen and oxygen atoms in total. The highest BCUT2D eigenvalue weighted by molar-refractivity contribution is 7.76. The van der Waals surface area contributed by atoms with Gasteiger partial charge >= 0.3 is 12.3 Å². The van der Waals surface area contributed by atoms with Crippen LogP contribution < -0.4 is 0 Å². The third-order valence-electron chi connectivity index (χ3n) is 4.14. The van der Waals surface area contributed by atoms with Crippen LogP contribution in [-0.2, 0) is 20.7 Å². The number of nitrogens with zero attached hydrogens (tertiary/aromatic N) is 2. The number of hydrogen-bond acceptors (Lipinski definition) is 5. The molecular formula is C12H19F3N2O6S. The van der Waals surface area contributed by atoms with Crippen LogP contribution in [0.4, 0.5) is 18.0 Å². The molecule has 2 aliphatic rings. The summed E-state index contributed by atoms with van der Waals surface area (Å²) in [6.45, 7) is -0.368. The highest BCUT2D eigenvalue weighted by Gasteiger charge is 2.45. The fraction of sp³-hybridized carbons (Fsp3) is 0.917. The summed E-state index contributed by atoms with van der Waals surface area (Å²) >= 11 is -2.12. The number of ether oxygens (including phenoxy) is 2. The van der Waals surface area contributed by atoms with Gasteiger partial charge in [-0.2, -0.15) is 17.5 Å². The Balaban J connectivity index is 1.90. The highest BCUT2D eigenvalue weighted by atomic mass is 32.2. The summed E-state index contributed by atoms with van der Waals surface area (Å²) in [5.41, 5.74) is -0.701. The van der Waals surface area contributed by atoms with Gasteiger partial charge < -0.3 is 19.5 Å². The van der Waals surface area contributed by atoms with Crippen LogP contribution in [0.1, 0.15) is 12.8 Å². The van der Waals surface area contributed by atoms with Gasteiger partial charge in [0.15, 0.2) is 0 Å². The maximum atomic E-state index is 12.5. The van der Waals surface area contributed by atoms with Crippen LogP contribution in [0.5, 0.6) is 0 Å². The third kappa shape index (κ3) is 4.57. The molecule has 1 spiro atoms. The van der Waals surface area contributed by atoms with E-state index in [1.165, 1.54) is 4.31 Å². The number of rotatable bonds is 3. The van der Waals surface area contributed by atoms with E-state index in [9.17, 15) is 22.2 Å². The average molecular weight is 376 g/mol. The van der Waals surface area contributed by atoms with Gasteiger partial charge in [0.05, 0.1) is 18.8 Å². The summed E-state index contributed by atoms with van der Waals surface area (Å²) in [5, 5.41) is 8.70. The van der Waals surface area contributed by atoms with E-state index >= 15 is 0 Å². The number of amides is 1. The topological polar surface area (TPSA) is 99.5 Å². The summed E-state index contributed by atoms with van der Waals surface area (Å²) in [7, 11) is 0. The van der Waals surface area contributed by atoms with Gasteiger partial charge in [0, 0.05) is 26.2 Å². The Hall–Kier alpha value is -0.950. The minimum atomic E-state index is -4.83. The minimum absolute atomic E-state index is 0.0980. The normalized spacial score (nSPS) is 24.6. The number of aliphatic hydroxyl groups excluding tert-OH is 1. The molecule has 2 atom stereocenters. The van der Waals surface area contributed by atoms with Crippen molar-refractivity contribution < 1.29 is 41.3 Å². The van der Waals surface area contributed by atoms with E-state index in [-0.39, 0.29) is 26.2 Å². The molecule has 12 heteroatoms. The van der Waals surface area contributed by atoms with E-state index < -0.39 is 41.8 Å². The molecule has 2 N–H and O–H groups in total. The van der Waals surface area contributed by atoms with Crippen molar-refractivity contribution >= 4 is 17.4 Å². The Labute approximate surface area is 138 Å². The van der Waals surface area contributed by atoms with Gasteiger partial charge in [0.25, 0.3) is 0 Å². The van der Waals surface area contributed by atoms with Crippen molar-refractivity contribution in [1.29, 1.82) is 0 Å². The molecule has 0 aliphatic carbocycles. The van der Waals surface area contributed by atoms with Crippen molar-refractivity contribution in [2.24, 2.45) is 0 Å². The lowest BCUT2D eigenvalue weighted by molar-refractivity contribution is -0.215. The Bertz CT molecular complexity index is 484. The van der Waals surface area contributed by atoms with Crippen LogP contribution in [0.3, 0.4) is 0 Å². The fourth-order valence-corrected chi connectivity index (χ4v) is 3.32. The van der Waals surface area contributed by atoms with Crippen LogP contribution in [0.25, 0.3) is 0 Å². The van der Waals surface area contributed by atoms with Crippen molar-refractivity contribution in [2.45, 2.75) is 30.7 Å². The minimum Gasteiger partial charge on any atom is -0.434 e. The van der Waals surface area contributed by atoms with Crippen LogP contribution in [0, 0.1) is 0 Å². The summed E-state index contributed by atoms with van der Waals surface area (Å²) < 4.78 is 69.2. The van der Waals surface area contributed by atoms with E-state index in [4.69, 9.17) is 14.4 Å². The maximum Gasteiger partial charge on any atom is 0.427 e. The Kier molecular flexibility index (Phi) is 6.07. The predicted molar refractivity (Wildman–Crippen MR) is 75.2 cm³/mol. The zero-order valence-corrected chi connectivity index (χ0v) is 13.5. The predicted octanol–water partition coefficient (Wildman–Crippen LogP) is 0.350. The molecule has 0 radical (unpaired) electrons. The zero-order chi connectivity index (χ0) is 18.0. The molecule has 140 valence electrons. The lowest BCUT2D eigenvalue weighted by Crippen LogP contribution is -2.58. The Morgan fingerprint density at radius 3 is 2.46 bits per heavy atom. The molecule has 2 saturated heterocycles. The second-order valence-corrected chi connectivity index (χ2v) is 6.69.